The van der Waals surface area contributed by atoms with Crippen molar-refractivity contribution in [1.82, 2.24) is 14.7 Å². The third kappa shape index (κ3) is 4.19. The summed E-state index contributed by atoms with van der Waals surface area (Å²) in [7, 11) is 0. The van der Waals surface area contributed by atoms with E-state index in [1.807, 2.05) is 18.2 Å². The molecule has 152 valence electrons. The second kappa shape index (κ2) is 8.37. The Balaban J connectivity index is 1.34. The number of carbonyl (C=O) groups excluding carboxylic acids is 3. The molecular weight excluding hydrogens is 392 g/mol. The van der Waals surface area contributed by atoms with E-state index in [-0.39, 0.29) is 42.5 Å². The molecule has 4 rings (SSSR count). The van der Waals surface area contributed by atoms with E-state index >= 15 is 0 Å². The van der Waals surface area contributed by atoms with E-state index in [0.717, 1.165) is 31.2 Å². The van der Waals surface area contributed by atoms with Crippen LogP contribution in [0.15, 0.2) is 36.5 Å². The maximum atomic E-state index is 12.5. The van der Waals surface area contributed by atoms with Crippen LogP contribution in [0, 0.1) is 11.8 Å². The number of nitrogens with zero attached hydrogens (tertiary/aromatic N) is 3. The summed E-state index contributed by atoms with van der Waals surface area (Å²) in [5.74, 6) is -0.287. The Kier molecular flexibility index (Phi) is 5.67. The van der Waals surface area contributed by atoms with Crippen molar-refractivity contribution in [2.75, 3.05) is 11.9 Å². The molecule has 0 radical (unpaired) electrons. The van der Waals surface area contributed by atoms with Gasteiger partial charge in [-0.1, -0.05) is 36.6 Å². The molecule has 1 saturated carbocycles. The Labute approximate surface area is 174 Å². The lowest BCUT2D eigenvalue weighted by Gasteiger charge is -2.19. The van der Waals surface area contributed by atoms with Gasteiger partial charge in [0.15, 0.2) is 0 Å². The van der Waals surface area contributed by atoms with Gasteiger partial charge < -0.3 is 5.32 Å². The van der Waals surface area contributed by atoms with Crippen LogP contribution in [0.4, 0.5) is 5.82 Å². The summed E-state index contributed by atoms with van der Waals surface area (Å²) in [5, 5.41) is 7.71. The largest absolute Gasteiger partial charge is 0.311 e. The van der Waals surface area contributed by atoms with E-state index in [1.54, 1.807) is 23.0 Å². The minimum Gasteiger partial charge on any atom is -0.311 e. The molecule has 1 aliphatic heterocycles. The number of rotatable bonds is 6. The van der Waals surface area contributed by atoms with E-state index < -0.39 is 0 Å². The number of hydrogen-bond donors (Lipinski definition) is 1. The Morgan fingerprint density at radius 1 is 1.14 bits per heavy atom. The van der Waals surface area contributed by atoms with Crippen molar-refractivity contribution in [3.05, 3.63) is 47.1 Å². The third-order valence-electron chi connectivity index (χ3n) is 5.70. The zero-order valence-electron chi connectivity index (χ0n) is 16.0. The van der Waals surface area contributed by atoms with E-state index in [4.69, 9.17) is 11.6 Å². The van der Waals surface area contributed by atoms with Crippen LogP contribution in [-0.4, -0.2) is 38.9 Å². The summed E-state index contributed by atoms with van der Waals surface area (Å²) in [6, 6.07) is 9.15. The third-order valence-corrected chi connectivity index (χ3v) is 5.94. The molecule has 2 heterocycles. The first-order valence-corrected chi connectivity index (χ1v) is 10.3. The van der Waals surface area contributed by atoms with Crippen molar-refractivity contribution in [1.29, 1.82) is 0 Å². The lowest BCUT2D eigenvalue weighted by molar-refractivity contribution is -0.140. The van der Waals surface area contributed by atoms with Gasteiger partial charge in [0.2, 0.25) is 17.7 Å². The second-order valence-corrected chi connectivity index (χ2v) is 8.06. The Morgan fingerprint density at radius 2 is 1.86 bits per heavy atom. The predicted octanol–water partition coefficient (Wildman–Crippen LogP) is 3.09. The van der Waals surface area contributed by atoms with E-state index in [9.17, 15) is 14.4 Å². The predicted molar refractivity (Wildman–Crippen MR) is 108 cm³/mol. The molecule has 2 fully saturated rings. The van der Waals surface area contributed by atoms with Crippen LogP contribution in [0.2, 0.25) is 5.02 Å². The van der Waals surface area contributed by atoms with Crippen molar-refractivity contribution in [2.45, 2.75) is 38.6 Å². The van der Waals surface area contributed by atoms with E-state index in [2.05, 4.69) is 10.4 Å². The normalized spacial score (nSPS) is 21.3. The van der Waals surface area contributed by atoms with Gasteiger partial charge in [0.25, 0.3) is 0 Å². The molecule has 8 heteroatoms. The van der Waals surface area contributed by atoms with E-state index in [1.165, 1.54) is 4.90 Å². The molecule has 1 aromatic heterocycles. The first kappa shape index (κ1) is 19.6. The molecule has 0 spiro atoms. The molecule has 2 aromatic rings. The second-order valence-electron chi connectivity index (χ2n) is 7.63. The summed E-state index contributed by atoms with van der Waals surface area (Å²) < 4.78 is 1.67. The van der Waals surface area contributed by atoms with Crippen LogP contribution in [0.3, 0.4) is 0 Å². The number of halogens is 1. The number of amides is 3. The number of imide groups is 1. The highest BCUT2D eigenvalue weighted by Crippen LogP contribution is 2.37. The molecule has 1 saturated heterocycles. The van der Waals surface area contributed by atoms with Gasteiger partial charge in [-0.25, -0.2) is 4.68 Å². The lowest BCUT2D eigenvalue weighted by atomic mass is 9.81. The van der Waals surface area contributed by atoms with Gasteiger partial charge in [-0.3, -0.25) is 19.3 Å². The molecule has 0 unspecified atom stereocenters. The van der Waals surface area contributed by atoms with Gasteiger partial charge in [0, 0.05) is 24.1 Å². The highest BCUT2D eigenvalue weighted by atomic mass is 35.5. The minimum absolute atomic E-state index is 0.0687. The van der Waals surface area contributed by atoms with Crippen molar-refractivity contribution < 1.29 is 14.4 Å². The maximum absolute atomic E-state index is 12.5. The monoisotopic (exact) mass is 414 g/mol. The van der Waals surface area contributed by atoms with Crippen molar-refractivity contribution in [2.24, 2.45) is 11.8 Å². The van der Waals surface area contributed by atoms with Crippen LogP contribution >= 0.6 is 11.6 Å². The molecule has 0 bridgehead atoms. The smallest absolute Gasteiger partial charge is 0.233 e. The molecular formula is C21H23ClN4O3. The number of carbonyl (C=O) groups is 3. The average molecular weight is 415 g/mol. The summed E-state index contributed by atoms with van der Waals surface area (Å²) in [5.41, 5.74) is 0.965. The molecule has 1 aromatic carbocycles. The fraction of sp³-hybridized carbons (Fsp3) is 0.429. The summed E-state index contributed by atoms with van der Waals surface area (Å²) in [6.07, 6.45) is 5.22. The summed E-state index contributed by atoms with van der Waals surface area (Å²) in [4.78, 5) is 38.7. The SMILES string of the molecule is O=C(CCN1C(=O)[C@H]2CCCC[C@@H]2C1=O)Nc1ccnn1Cc1cccc(Cl)c1. The van der Waals surface area contributed by atoms with Crippen LogP contribution in [0.1, 0.15) is 37.7 Å². The first-order valence-electron chi connectivity index (χ1n) is 9.94. The zero-order valence-corrected chi connectivity index (χ0v) is 16.8. The number of hydrogen-bond acceptors (Lipinski definition) is 4. The van der Waals surface area contributed by atoms with Crippen LogP contribution in [-0.2, 0) is 20.9 Å². The van der Waals surface area contributed by atoms with Crippen LogP contribution in [0.5, 0.6) is 0 Å². The van der Waals surface area contributed by atoms with Gasteiger partial charge in [-0.05, 0) is 30.5 Å². The summed E-state index contributed by atoms with van der Waals surface area (Å²) >= 11 is 6.02. The zero-order chi connectivity index (χ0) is 20.4. The quantitative estimate of drug-likeness (QED) is 0.736. The van der Waals surface area contributed by atoms with Gasteiger partial charge in [-0.2, -0.15) is 5.10 Å². The van der Waals surface area contributed by atoms with Gasteiger partial charge >= 0.3 is 0 Å². The van der Waals surface area contributed by atoms with Gasteiger partial charge in [0.1, 0.15) is 5.82 Å². The Hall–Kier alpha value is -2.67. The van der Waals surface area contributed by atoms with Gasteiger partial charge in [0.05, 0.1) is 24.6 Å². The average Bonchev–Trinajstić information content (AvgIpc) is 3.23. The lowest BCUT2D eigenvalue weighted by Crippen LogP contribution is -2.34. The molecule has 7 nitrogen and oxygen atoms in total. The first-order chi connectivity index (χ1) is 14.0. The highest BCUT2D eigenvalue weighted by Gasteiger charge is 2.47. The molecule has 3 amide bonds. The fourth-order valence-corrected chi connectivity index (χ4v) is 4.46. The number of likely N-dealkylation sites (tertiary alicyclic amines) is 1. The van der Waals surface area contributed by atoms with E-state index in [0.29, 0.717) is 17.4 Å². The summed E-state index contributed by atoms with van der Waals surface area (Å²) in [6.45, 7) is 0.592. The number of aromatic nitrogens is 2. The Bertz CT molecular complexity index is 918. The van der Waals surface area contributed by atoms with Gasteiger partial charge in [-0.15, -0.1) is 0 Å². The molecule has 2 atom stereocenters. The molecule has 29 heavy (non-hydrogen) atoms. The van der Waals surface area contributed by atoms with Crippen molar-refractivity contribution >= 4 is 35.1 Å². The van der Waals surface area contributed by atoms with Crippen molar-refractivity contribution in [3.63, 3.8) is 0 Å². The maximum Gasteiger partial charge on any atom is 0.233 e. The standard InChI is InChI=1S/C21H23ClN4O3/c22-15-5-3-4-14(12-15)13-26-18(8-10-23-26)24-19(27)9-11-25-20(28)16-6-1-2-7-17(16)21(25)29/h3-5,8,10,12,16-17H,1-2,6-7,9,11,13H2,(H,24,27)/t16-,17-/m0/s1. The van der Waals surface area contributed by atoms with Crippen molar-refractivity contribution in [3.8, 4) is 0 Å². The molecule has 2 aliphatic rings. The fourth-order valence-electron chi connectivity index (χ4n) is 4.24. The highest BCUT2D eigenvalue weighted by molar-refractivity contribution is 6.30. The number of benzene rings is 1. The number of nitrogens with one attached hydrogen (secondary N) is 1. The Morgan fingerprint density at radius 3 is 2.55 bits per heavy atom. The number of anilines is 1. The van der Waals surface area contributed by atoms with Crippen LogP contribution in [0.25, 0.3) is 0 Å². The molecule has 1 aliphatic carbocycles. The minimum atomic E-state index is -0.256. The topological polar surface area (TPSA) is 84.3 Å². The number of fused-ring (bicyclic) bond motifs is 1. The van der Waals surface area contributed by atoms with Crippen LogP contribution < -0.4 is 5.32 Å². The molecule has 1 N–H and O–H groups in total.